The summed E-state index contributed by atoms with van der Waals surface area (Å²) in [5.74, 6) is 0.663. The number of carbonyl (C=O) groups excluding carboxylic acids is 1. The molecule has 0 N–H and O–H groups in total. The maximum atomic E-state index is 13.1. The van der Waals surface area contributed by atoms with Crippen molar-refractivity contribution in [1.82, 2.24) is 9.80 Å². The zero-order valence-corrected chi connectivity index (χ0v) is 13.3. The van der Waals surface area contributed by atoms with E-state index in [0.29, 0.717) is 12.5 Å². The Balaban J connectivity index is 1.63. The molecule has 0 bridgehead atoms. The van der Waals surface area contributed by atoms with Crippen LogP contribution in [0.2, 0.25) is 0 Å². The van der Waals surface area contributed by atoms with Gasteiger partial charge in [0.15, 0.2) is 0 Å². The van der Waals surface area contributed by atoms with Gasteiger partial charge in [-0.3, -0.25) is 9.69 Å². The summed E-state index contributed by atoms with van der Waals surface area (Å²) in [7, 11) is 0. The molecule has 0 aliphatic carbocycles. The summed E-state index contributed by atoms with van der Waals surface area (Å²) in [6.07, 6.45) is 4.50. The van der Waals surface area contributed by atoms with Crippen LogP contribution < -0.4 is 0 Å². The fourth-order valence-electron chi connectivity index (χ4n) is 3.77. The van der Waals surface area contributed by atoms with E-state index in [1.54, 1.807) is 0 Å². The summed E-state index contributed by atoms with van der Waals surface area (Å²) in [6.45, 7) is 5.47. The van der Waals surface area contributed by atoms with Crippen LogP contribution in [0.25, 0.3) is 0 Å². The standard InChI is InChI=1S/C18H25FN2O/c1-14-4-2-11-21(12-14)18(22)13-20-10-3-5-17(20)15-6-8-16(19)9-7-15/h6-9,14,17H,2-5,10-13H2,1H3/t14-,17+/m0/s1. The van der Waals surface area contributed by atoms with Crippen LogP contribution in [-0.4, -0.2) is 41.9 Å². The van der Waals surface area contributed by atoms with Gasteiger partial charge in [0, 0.05) is 19.1 Å². The van der Waals surface area contributed by atoms with Crippen molar-refractivity contribution in [3.05, 3.63) is 35.6 Å². The van der Waals surface area contributed by atoms with Crippen molar-refractivity contribution in [2.24, 2.45) is 5.92 Å². The first-order valence-corrected chi connectivity index (χ1v) is 8.41. The van der Waals surface area contributed by atoms with E-state index in [1.807, 2.05) is 17.0 Å². The van der Waals surface area contributed by atoms with E-state index in [-0.39, 0.29) is 17.8 Å². The van der Waals surface area contributed by atoms with Crippen LogP contribution in [0, 0.1) is 11.7 Å². The Bertz CT molecular complexity index is 516. The van der Waals surface area contributed by atoms with Crippen molar-refractivity contribution < 1.29 is 9.18 Å². The third-order valence-electron chi connectivity index (χ3n) is 4.97. The normalized spacial score (nSPS) is 26.4. The Morgan fingerprint density at radius 3 is 2.64 bits per heavy atom. The van der Waals surface area contributed by atoms with Crippen molar-refractivity contribution in [1.29, 1.82) is 0 Å². The molecule has 3 nitrogen and oxygen atoms in total. The Labute approximate surface area is 132 Å². The first-order chi connectivity index (χ1) is 10.6. The molecule has 0 spiro atoms. The van der Waals surface area contributed by atoms with Gasteiger partial charge in [0.2, 0.25) is 5.91 Å². The number of hydrogen-bond donors (Lipinski definition) is 0. The zero-order valence-electron chi connectivity index (χ0n) is 13.3. The van der Waals surface area contributed by atoms with Crippen LogP contribution in [0.15, 0.2) is 24.3 Å². The maximum absolute atomic E-state index is 13.1. The second kappa shape index (κ2) is 6.78. The number of piperidine rings is 1. The van der Waals surface area contributed by atoms with Crippen LogP contribution in [0.4, 0.5) is 4.39 Å². The molecular weight excluding hydrogens is 279 g/mol. The van der Waals surface area contributed by atoms with Crippen molar-refractivity contribution in [2.45, 2.75) is 38.6 Å². The Morgan fingerprint density at radius 2 is 1.91 bits per heavy atom. The van der Waals surface area contributed by atoms with Crippen LogP contribution in [0.1, 0.15) is 44.2 Å². The lowest BCUT2D eigenvalue weighted by Gasteiger charge is -2.33. The highest BCUT2D eigenvalue weighted by Gasteiger charge is 2.30. The fourth-order valence-corrected chi connectivity index (χ4v) is 3.77. The Kier molecular flexibility index (Phi) is 4.77. The number of nitrogens with zero attached hydrogens (tertiary/aromatic N) is 2. The summed E-state index contributed by atoms with van der Waals surface area (Å²) in [5.41, 5.74) is 1.12. The van der Waals surface area contributed by atoms with Gasteiger partial charge in [-0.25, -0.2) is 4.39 Å². The SMILES string of the molecule is C[C@H]1CCCN(C(=O)CN2CCC[C@@H]2c2ccc(F)cc2)C1. The number of hydrogen-bond acceptors (Lipinski definition) is 2. The summed E-state index contributed by atoms with van der Waals surface area (Å²) < 4.78 is 13.1. The molecule has 2 heterocycles. The lowest BCUT2D eigenvalue weighted by atomic mass is 10.0. The van der Waals surface area contributed by atoms with Crippen LogP contribution in [0.3, 0.4) is 0 Å². The third kappa shape index (κ3) is 3.49. The highest BCUT2D eigenvalue weighted by Crippen LogP contribution is 2.32. The van der Waals surface area contributed by atoms with Gasteiger partial charge in [0.25, 0.3) is 0 Å². The first-order valence-electron chi connectivity index (χ1n) is 8.41. The van der Waals surface area contributed by atoms with Gasteiger partial charge in [-0.15, -0.1) is 0 Å². The summed E-state index contributed by atoms with van der Waals surface area (Å²) in [5, 5.41) is 0. The molecule has 0 saturated carbocycles. The molecule has 1 aromatic carbocycles. The number of halogens is 1. The average Bonchev–Trinajstić information content (AvgIpc) is 2.96. The lowest BCUT2D eigenvalue weighted by Crippen LogP contribution is -2.44. The molecule has 3 rings (SSSR count). The molecule has 2 aliphatic heterocycles. The lowest BCUT2D eigenvalue weighted by molar-refractivity contribution is -0.134. The maximum Gasteiger partial charge on any atom is 0.236 e. The third-order valence-corrected chi connectivity index (χ3v) is 4.97. The van der Waals surface area contributed by atoms with Gasteiger partial charge in [-0.2, -0.15) is 0 Å². The molecule has 22 heavy (non-hydrogen) atoms. The predicted molar refractivity (Wildman–Crippen MR) is 84.9 cm³/mol. The molecule has 1 amide bonds. The minimum atomic E-state index is -0.202. The molecule has 2 atom stereocenters. The minimum Gasteiger partial charge on any atom is -0.341 e. The zero-order chi connectivity index (χ0) is 15.5. The molecule has 1 aromatic rings. The quantitative estimate of drug-likeness (QED) is 0.856. The van der Waals surface area contributed by atoms with E-state index < -0.39 is 0 Å². The summed E-state index contributed by atoms with van der Waals surface area (Å²) in [4.78, 5) is 16.8. The highest BCUT2D eigenvalue weighted by atomic mass is 19.1. The molecule has 0 radical (unpaired) electrons. The van der Waals surface area contributed by atoms with E-state index in [4.69, 9.17) is 0 Å². The van der Waals surface area contributed by atoms with Crippen molar-refractivity contribution in [2.75, 3.05) is 26.2 Å². The topological polar surface area (TPSA) is 23.6 Å². The minimum absolute atomic E-state index is 0.202. The molecule has 2 fully saturated rings. The van der Waals surface area contributed by atoms with E-state index in [2.05, 4.69) is 11.8 Å². The van der Waals surface area contributed by atoms with E-state index >= 15 is 0 Å². The number of carbonyl (C=O) groups is 1. The smallest absolute Gasteiger partial charge is 0.236 e. The van der Waals surface area contributed by atoms with Gasteiger partial charge in [0.05, 0.1) is 6.54 Å². The molecule has 2 saturated heterocycles. The molecular formula is C18H25FN2O. The Hall–Kier alpha value is -1.42. The first kappa shape index (κ1) is 15.5. The number of amides is 1. The van der Waals surface area contributed by atoms with Crippen molar-refractivity contribution in [3.63, 3.8) is 0 Å². The predicted octanol–water partition coefficient (Wildman–Crippen LogP) is 3.22. The number of rotatable bonds is 3. The largest absolute Gasteiger partial charge is 0.341 e. The molecule has 0 aromatic heterocycles. The number of benzene rings is 1. The van der Waals surface area contributed by atoms with E-state index in [0.717, 1.165) is 44.5 Å². The van der Waals surface area contributed by atoms with Gasteiger partial charge in [0.1, 0.15) is 5.82 Å². The second-order valence-electron chi connectivity index (χ2n) is 6.77. The van der Waals surface area contributed by atoms with Gasteiger partial charge in [-0.05, 0) is 55.8 Å². The molecule has 120 valence electrons. The number of likely N-dealkylation sites (tertiary alicyclic amines) is 2. The van der Waals surface area contributed by atoms with Crippen molar-refractivity contribution >= 4 is 5.91 Å². The van der Waals surface area contributed by atoms with Crippen LogP contribution in [0.5, 0.6) is 0 Å². The molecule has 4 heteroatoms. The molecule has 2 aliphatic rings. The van der Waals surface area contributed by atoms with Gasteiger partial charge in [-0.1, -0.05) is 19.1 Å². The summed E-state index contributed by atoms with van der Waals surface area (Å²) in [6, 6.07) is 6.99. The summed E-state index contributed by atoms with van der Waals surface area (Å²) >= 11 is 0. The fraction of sp³-hybridized carbons (Fsp3) is 0.611. The Morgan fingerprint density at radius 1 is 1.18 bits per heavy atom. The second-order valence-corrected chi connectivity index (χ2v) is 6.77. The van der Waals surface area contributed by atoms with E-state index in [1.165, 1.54) is 18.6 Å². The van der Waals surface area contributed by atoms with E-state index in [9.17, 15) is 9.18 Å². The monoisotopic (exact) mass is 304 g/mol. The molecule has 0 unspecified atom stereocenters. The van der Waals surface area contributed by atoms with Crippen LogP contribution >= 0.6 is 0 Å². The average molecular weight is 304 g/mol. The van der Waals surface area contributed by atoms with Gasteiger partial charge >= 0.3 is 0 Å². The van der Waals surface area contributed by atoms with Gasteiger partial charge < -0.3 is 4.90 Å². The van der Waals surface area contributed by atoms with Crippen molar-refractivity contribution in [3.8, 4) is 0 Å². The highest BCUT2D eigenvalue weighted by molar-refractivity contribution is 5.78. The van der Waals surface area contributed by atoms with Crippen LogP contribution in [-0.2, 0) is 4.79 Å².